The van der Waals surface area contributed by atoms with E-state index in [1.807, 2.05) is 54.9 Å². The van der Waals surface area contributed by atoms with Crippen LogP contribution in [0.2, 0.25) is 0 Å². The molecule has 0 bridgehead atoms. The fourth-order valence-electron chi connectivity index (χ4n) is 3.15. The summed E-state index contributed by atoms with van der Waals surface area (Å²) in [5, 5.41) is 9.28. The zero-order valence-corrected chi connectivity index (χ0v) is 20.2. The summed E-state index contributed by atoms with van der Waals surface area (Å²) in [5.74, 6) is 1.58. The number of halogens is 1. The van der Waals surface area contributed by atoms with Gasteiger partial charge in [0.15, 0.2) is 5.96 Å². The number of imidazole rings is 1. The van der Waals surface area contributed by atoms with E-state index in [1.54, 1.807) is 14.1 Å². The van der Waals surface area contributed by atoms with Crippen LogP contribution in [0.1, 0.15) is 27.3 Å². The molecule has 3 N–H and O–H groups in total. The van der Waals surface area contributed by atoms with Gasteiger partial charge >= 0.3 is 0 Å². The first-order valence-electron chi connectivity index (χ1n) is 9.99. The first-order valence-corrected chi connectivity index (χ1v) is 9.99. The van der Waals surface area contributed by atoms with Gasteiger partial charge in [0.05, 0.1) is 6.54 Å². The van der Waals surface area contributed by atoms with Crippen molar-refractivity contribution in [3.8, 4) is 0 Å². The van der Waals surface area contributed by atoms with E-state index < -0.39 is 0 Å². The summed E-state index contributed by atoms with van der Waals surface area (Å²) in [4.78, 5) is 20.5. The summed E-state index contributed by atoms with van der Waals surface area (Å²) in [6.07, 6.45) is 4.59. The van der Waals surface area contributed by atoms with Gasteiger partial charge in [0, 0.05) is 45.1 Å². The fraction of sp³-hybridized carbons (Fsp3) is 0.261. The van der Waals surface area contributed by atoms with E-state index in [0.29, 0.717) is 24.6 Å². The molecule has 2 aromatic carbocycles. The van der Waals surface area contributed by atoms with E-state index in [1.165, 1.54) is 5.56 Å². The molecule has 0 aliphatic rings. The number of benzene rings is 2. The molecule has 0 spiro atoms. The van der Waals surface area contributed by atoms with Crippen LogP contribution in [-0.4, -0.2) is 42.1 Å². The highest BCUT2D eigenvalue weighted by Crippen LogP contribution is 2.07. The van der Waals surface area contributed by atoms with Crippen molar-refractivity contribution in [2.24, 2.45) is 4.99 Å². The quantitative estimate of drug-likeness (QED) is 0.237. The van der Waals surface area contributed by atoms with Crippen LogP contribution in [-0.2, 0) is 19.5 Å². The smallest absolute Gasteiger partial charge is 0.251 e. The van der Waals surface area contributed by atoms with E-state index in [-0.39, 0.29) is 29.9 Å². The molecule has 0 fully saturated rings. The SMILES string of the molecule is CN=C(NCCc1cccc(C(=O)NC)c1)NCc1nccn1Cc1ccccc1.I. The van der Waals surface area contributed by atoms with Crippen LogP contribution in [0.15, 0.2) is 72.0 Å². The van der Waals surface area contributed by atoms with Crippen LogP contribution >= 0.6 is 24.0 Å². The number of nitrogens with zero attached hydrogens (tertiary/aromatic N) is 3. The maximum Gasteiger partial charge on any atom is 0.251 e. The Bertz CT molecular complexity index is 986. The van der Waals surface area contributed by atoms with Crippen molar-refractivity contribution in [1.29, 1.82) is 0 Å². The number of nitrogens with one attached hydrogen (secondary N) is 3. The summed E-state index contributed by atoms with van der Waals surface area (Å²) in [5.41, 5.74) is 3.00. The van der Waals surface area contributed by atoms with Crippen molar-refractivity contribution in [3.05, 3.63) is 89.5 Å². The Balaban J connectivity index is 0.00000341. The lowest BCUT2D eigenvalue weighted by Crippen LogP contribution is -2.38. The molecule has 3 rings (SSSR count). The third kappa shape index (κ3) is 7.39. The number of guanidine groups is 1. The molecule has 0 unspecified atom stereocenters. The maximum absolute atomic E-state index is 11.8. The number of aliphatic imine (C=N–C) groups is 1. The molecule has 1 aromatic heterocycles. The van der Waals surface area contributed by atoms with Gasteiger partial charge in [-0.25, -0.2) is 4.98 Å². The van der Waals surface area contributed by atoms with E-state index in [0.717, 1.165) is 24.4 Å². The predicted molar refractivity (Wildman–Crippen MR) is 135 cm³/mol. The Labute approximate surface area is 200 Å². The molecule has 0 atom stereocenters. The van der Waals surface area contributed by atoms with E-state index >= 15 is 0 Å². The number of hydrogen-bond acceptors (Lipinski definition) is 3. The number of rotatable bonds is 8. The third-order valence-corrected chi connectivity index (χ3v) is 4.76. The second kappa shape index (κ2) is 12.7. The largest absolute Gasteiger partial charge is 0.356 e. The van der Waals surface area contributed by atoms with Crippen molar-refractivity contribution in [2.45, 2.75) is 19.5 Å². The van der Waals surface area contributed by atoms with Crippen molar-refractivity contribution < 1.29 is 4.79 Å². The molecule has 0 radical (unpaired) electrons. The number of aromatic nitrogens is 2. The van der Waals surface area contributed by atoms with Gasteiger partial charge in [-0.15, -0.1) is 24.0 Å². The van der Waals surface area contributed by atoms with E-state index in [2.05, 4.69) is 42.6 Å². The lowest BCUT2D eigenvalue weighted by atomic mass is 10.1. The minimum atomic E-state index is -0.0757. The molecule has 0 aliphatic carbocycles. The van der Waals surface area contributed by atoms with Crippen LogP contribution in [0, 0.1) is 0 Å². The number of amides is 1. The van der Waals surface area contributed by atoms with Crippen molar-refractivity contribution >= 4 is 35.8 Å². The maximum atomic E-state index is 11.8. The van der Waals surface area contributed by atoms with Crippen LogP contribution in [0.5, 0.6) is 0 Å². The molecular weight excluding hydrogens is 503 g/mol. The summed E-state index contributed by atoms with van der Waals surface area (Å²) >= 11 is 0. The van der Waals surface area contributed by atoms with Gasteiger partial charge in [-0.2, -0.15) is 0 Å². The second-order valence-corrected chi connectivity index (χ2v) is 6.84. The minimum Gasteiger partial charge on any atom is -0.356 e. The summed E-state index contributed by atoms with van der Waals surface area (Å²) in [6, 6.07) is 18.0. The molecule has 31 heavy (non-hydrogen) atoms. The van der Waals surface area contributed by atoms with Crippen LogP contribution in [0.3, 0.4) is 0 Å². The minimum absolute atomic E-state index is 0. The van der Waals surface area contributed by atoms with Crippen LogP contribution < -0.4 is 16.0 Å². The van der Waals surface area contributed by atoms with E-state index in [9.17, 15) is 4.79 Å². The Morgan fingerprint density at radius 2 is 1.84 bits per heavy atom. The zero-order chi connectivity index (χ0) is 21.2. The van der Waals surface area contributed by atoms with Gasteiger partial charge in [-0.3, -0.25) is 9.79 Å². The highest BCUT2D eigenvalue weighted by Gasteiger charge is 2.06. The first-order chi connectivity index (χ1) is 14.7. The molecule has 0 saturated heterocycles. The van der Waals surface area contributed by atoms with Gasteiger partial charge in [0.1, 0.15) is 5.82 Å². The van der Waals surface area contributed by atoms with Crippen molar-refractivity contribution in [1.82, 2.24) is 25.5 Å². The lowest BCUT2D eigenvalue weighted by Gasteiger charge is -2.13. The molecule has 8 heteroatoms. The average Bonchev–Trinajstić information content (AvgIpc) is 3.23. The molecule has 0 saturated carbocycles. The Kier molecular flexibility index (Phi) is 10.0. The summed E-state index contributed by atoms with van der Waals surface area (Å²) in [7, 11) is 3.38. The molecule has 3 aromatic rings. The third-order valence-electron chi connectivity index (χ3n) is 4.76. The molecular formula is C23H29IN6O. The molecule has 1 heterocycles. The van der Waals surface area contributed by atoms with Gasteiger partial charge in [0.25, 0.3) is 5.91 Å². The molecule has 0 aliphatic heterocycles. The monoisotopic (exact) mass is 532 g/mol. The topological polar surface area (TPSA) is 83.3 Å². The Hall–Kier alpha value is -2.88. The summed E-state index contributed by atoms with van der Waals surface area (Å²) < 4.78 is 2.12. The Morgan fingerprint density at radius 3 is 2.58 bits per heavy atom. The van der Waals surface area contributed by atoms with Crippen LogP contribution in [0.25, 0.3) is 0 Å². The number of hydrogen-bond donors (Lipinski definition) is 3. The standard InChI is InChI=1S/C23H28N6O.HI/c1-24-22(30)20-10-6-9-18(15-20)11-12-27-23(25-2)28-16-21-26-13-14-29(21)17-19-7-4-3-5-8-19;/h3-10,13-15H,11-12,16-17H2,1-2H3,(H,24,30)(H2,25,27,28);1H. The lowest BCUT2D eigenvalue weighted by molar-refractivity contribution is 0.0963. The van der Waals surface area contributed by atoms with Gasteiger partial charge in [-0.05, 0) is 29.7 Å². The zero-order valence-electron chi connectivity index (χ0n) is 17.8. The van der Waals surface area contributed by atoms with Gasteiger partial charge < -0.3 is 20.5 Å². The van der Waals surface area contributed by atoms with Gasteiger partial charge in [-0.1, -0.05) is 42.5 Å². The molecule has 7 nitrogen and oxygen atoms in total. The highest BCUT2D eigenvalue weighted by atomic mass is 127. The molecule has 1 amide bonds. The highest BCUT2D eigenvalue weighted by molar-refractivity contribution is 14.0. The predicted octanol–water partition coefficient (Wildman–Crippen LogP) is 2.82. The summed E-state index contributed by atoms with van der Waals surface area (Å²) in [6.45, 7) is 2.06. The van der Waals surface area contributed by atoms with Crippen molar-refractivity contribution in [3.63, 3.8) is 0 Å². The average molecular weight is 532 g/mol. The van der Waals surface area contributed by atoms with Gasteiger partial charge in [0.2, 0.25) is 0 Å². The normalized spacial score (nSPS) is 10.8. The van der Waals surface area contributed by atoms with Crippen molar-refractivity contribution in [2.75, 3.05) is 20.6 Å². The molecule has 164 valence electrons. The number of carbonyl (C=O) groups is 1. The second-order valence-electron chi connectivity index (χ2n) is 6.84. The number of carbonyl (C=O) groups excluding carboxylic acids is 1. The van der Waals surface area contributed by atoms with E-state index in [4.69, 9.17) is 0 Å². The first kappa shape index (κ1) is 24.4. The Morgan fingerprint density at radius 1 is 1.06 bits per heavy atom. The van der Waals surface area contributed by atoms with Crippen LogP contribution in [0.4, 0.5) is 0 Å². The fourth-order valence-corrected chi connectivity index (χ4v) is 3.15.